The third kappa shape index (κ3) is 6.57. The molecule has 0 amide bonds. The standard InChI is InChI=1S/C35H50N2O4/c1-8-33(4,5)35-21-12-11-14-27(22-28(35)23-35)24-37-25-29(36(7)32(37)39)16-13-15-26-17-19-30(20-18-26)41-34(6,9-2)31(38)40-10-3/h12,17-22,25,28H,8-11,13-16,23-24H2,1-7H3/b21-12-,27-22+. The first-order valence-electron chi connectivity index (χ1n) is 15.6. The summed E-state index contributed by atoms with van der Waals surface area (Å²) in [5, 5.41) is 0. The summed E-state index contributed by atoms with van der Waals surface area (Å²) >= 11 is 0. The Bertz CT molecular complexity index is 1330. The summed E-state index contributed by atoms with van der Waals surface area (Å²) in [5.74, 6) is 0.903. The van der Waals surface area contributed by atoms with E-state index in [0.29, 0.717) is 31.2 Å². The minimum absolute atomic E-state index is 0.0662. The molecule has 3 atom stereocenters. The Labute approximate surface area is 246 Å². The van der Waals surface area contributed by atoms with Crippen LogP contribution in [0.2, 0.25) is 0 Å². The van der Waals surface area contributed by atoms with E-state index < -0.39 is 5.60 Å². The van der Waals surface area contributed by atoms with Crippen LogP contribution in [0, 0.1) is 16.7 Å². The van der Waals surface area contributed by atoms with Gasteiger partial charge in [0.05, 0.1) is 6.61 Å². The second-order valence-corrected chi connectivity index (χ2v) is 12.8. The Balaban J connectivity index is 1.35. The van der Waals surface area contributed by atoms with E-state index in [1.807, 2.05) is 47.4 Å². The molecule has 0 bridgehead atoms. The van der Waals surface area contributed by atoms with Gasteiger partial charge in [0.15, 0.2) is 0 Å². The van der Waals surface area contributed by atoms with Gasteiger partial charge in [-0.05, 0) is 87.8 Å². The van der Waals surface area contributed by atoms with Crippen LogP contribution in [-0.4, -0.2) is 27.3 Å². The zero-order valence-corrected chi connectivity index (χ0v) is 26.3. The first-order chi connectivity index (χ1) is 19.5. The fourth-order valence-electron chi connectivity index (χ4n) is 6.30. The van der Waals surface area contributed by atoms with Crippen LogP contribution in [0.25, 0.3) is 0 Å². The Morgan fingerprint density at radius 1 is 1.07 bits per heavy atom. The summed E-state index contributed by atoms with van der Waals surface area (Å²) in [7, 11) is 1.89. The summed E-state index contributed by atoms with van der Waals surface area (Å²) in [6.07, 6.45) is 17.1. The highest BCUT2D eigenvalue weighted by molar-refractivity contribution is 5.79. The second kappa shape index (κ2) is 12.5. The first kappa shape index (κ1) is 30.9. The largest absolute Gasteiger partial charge is 0.476 e. The molecule has 3 unspecified atom stereocenters. The zero-order chi connectivity index (χ0) is 29.8. The molecule has 2 aliphatic carbocycles. The molecule has 224 valence electrons. The van der Waals surface area contributed by atoms with Gasteiger partial charge in [-0.15, -0.1) is 0 Å². The summed E-state index contributed by atoms with van der Waals surface area (Å²) < 4.78 is 14.9. The molecule has 0 aliphatic heterocycles. The molecular weight excluding hydrogens is 512 g/mol. The molecule has 2 aromatic rings. The number of aryl methyl sites for hydroxylation is 2. The van der Waals surface area contributed by atoms with Crippen molar-refractivity contribution in [2.75, 3.05) is 6.61 Å². The van der Waals surface area contributed by atoms with Gasteiger partial charge in [0.2, 0.25) is 5.60 Å². The van der Waals surface area contributed by atoms with E-state index in [1.165, 1.54) is 24.0 Å². The third-order valence-corrected chi connectivity index (χ3v) is 9.88. The molecule has 41 heavy (non-hydrogen) atoms. The maximum atomic E-state index is 13.1. The molecule has 1 heterocycles. The number of fused-ring (bicyclic) bond motifs is 1. The molecule has 1 fully saturated rings. The minimum Gasteiger partial charge on any atom is -0.476 e. The highest BCUT2D eigenvalue weighted by Gasteiger charge is 2.59. The number of hydrogen-bond acceptors (Lipinski definition) is 4. The number of hydrogen-bond donors (Lipinski definition) is 0. The molecule has 1 saturated carbocycles. The lowest BCUT2D eigenvalue weighted by Gasteiger charge is -2.33. The van der Waals surface area contributed by atoms with Crippen molar-refractivity contribution in [3.05, 3.63) is 76.0 Å². The van der Waals surface area contributed by atoms with Crippen molar-refractivity contribution in [1.82, 2.24) is 9.13 Å². The van der Waals surface area contributed by atoms with Crippen molar-refractivity contribution in [3.63, 3.8) is 0 Å². The molecule has 2 aliphatic rings. The van der Waals surface area contributed by atoms with Crippen LogP contribution in [0.4, 0.5) is 0 Å². The van der Waals surface area contributed by atoms with E-state index in [0.717, 1.165) is 37.8 Å². The van der Waals surface area contributed by atoms with Gasteiger partial charge in [-0.2, -0.15) is 0 Å². The summed E-state index contributed by atoms with van der Waals surface area (Å²) in [6.45, 7) is 13.6. The molecule has 1 aromatic carbocycles. The van der Waals surface area contributed by atoms with Gasteiger partial charge < -0.3 is 9.47 Å². The van der Waals surface area contributed by atoms with Crippen LogP contribution >= 0.6 is 0 Å². The average molecular weight is 563 g/mol. The fourth-order valence-corrected chi connectivity index (χ4v) is 6.30. The average Bonchev–Trinajstić information content (AvgIpc) is 3.58. The first-order valence-corrected chi connectivity index (χ1v) is 15.6. The van der Waals surface area contributed by atoms with Gasteiger partial charge in [-0.1, -0.05) is 70.0 Å². The smallest absolute Gasteiger partial charge is 0.350 e. The number of esters is 1. The Kier molecular flexibility index (Phi) is 9.40. The summed E-state index contributed by atoms with van der Waals surface area (Å²) in [4.78, 5) is 25.4. The Morgan fingerprint density at radius 3 is 2.46 bits per heavy atom. The number of carbonyl (C=O) groups excluding carboxylic acids is 1. The normalized spacial score (nSPS) is 23.8. The van der Waals surface area contributed by atoms with Crippen molar-refractivity contribution in [1.29, 1.82) is 0 Å². The SMILES string of the molecule is CCOC(=O)C(C)(CC)Oc1ccc(CCCc2cn(C/C3=C/C4CC4(C(C)(C)CC)/C=C\CC3)c(=O)n2C)cc1. The lowest BCUT2D eigenvalue weighted by atomic mass is 9.71. The summed E-state index contributed by atoms with van der Waals surface area (Å²) in [6, 6.07) is 7.94. The number of imidazole rings is 1. The van der Waals surface area contributed by atoms with Crippen molar-refractivity contribution >= 4 is 5.97 Å². The highest BCUT2D eigenvalue weighted by atomic mass is 16.6. The number of rotatable bonds is 13. The van der Waals surface area contributed by atoms with Crippen LogP contribution in [0.5, 0.6) is 5.75 Å². The van der Waals surface area contributed by atoms with E-state index >= 15 is 0 Å². The van der Waals surface area contributed by atoms with Crippen LogP contribution in [0.15, 0.2) is 59.1 Å². The molecule has 0 spiro atoms. The molecule has 0 radical (unpaired) electrons. The van der Waals surface area contributed by atoms with Crippen LogP contribution in [0.3, 0.4) is 0 Å². The van der Waals surface area contributed by atoms with E-state index in [2.05, 4.69) is 45.2 Å². The predicted octanol–water partition coefficient (Wildman–Crippen LogP) is 7.19. The number of ether oxygens (including phenoxy) is 2. The fraction of sp³-hybridized carbons (Fsp3) is 0.600. The minimum atomic E-state index is -0.994. The highest BCUT2D eigenvalue weighted by Crippen LogP contribution is 2.66. The third-order valence-electron chi connectivity index (χ3n) is 9.88. The lowest BCUT2D eigenvalue weighted by Crippen LogP contribution is -2.42. The van der Waals surface area contributed by atoms with Crippen LogP contribution < -0.4 is 10.4 Å². The molecule has 1 aromatic heterocycles. The van der Waals surface area contributed by atoms with Crippen molar-refractivity contribution in [2.24, 2.45) is 23.8 Å². The second-order valence-electron chi connectivity index (χ2n) is 12.8. The van der Waals surface area contributed by atoms with Crippen molar-refractivity contribution < 1.29 is 14.3 Å². The molecular formula is C35H50N2O4. The lowest BCUT2D eigenvalue weighted by molar-refractivity contribution is -0.160. The molecule has 0 N–H and O–H groups in total. The van der Waals surface area contributed by atoms with Gasteiger partial charge in [0.25, 0.3) is 0 Å². The molecule has 4 rings (SSSR count). The molecule has 6 heteroatoms. The van der Waals surface area contributed by atoms with Gasteiger partial charge in [-0.3, -0.25) is 9.13 Å². The Morgan fingerprint density at radius 2 is 1.80 bits per heavy atom. The molecule has 6 nitrogen and oxygen atoms in total. The van der Waals surface area contributed by atoms with Crippen molar-refractivity contribution in [2.45, 2.75) is 105 Å². The maximum Gasteiger partial charge on any atom is 0.350 e. The molecule has 0 saturated heterocycles. The number of aromatic nitrogens is 2. The van der Waals surface area contributed by atoms with Gasteiger partial charge in [-0.25, -0.2) is 9.59 Å². The number of allylic oxidation sites excluding steroid dienone is 4. The quantitative estimate of drug-likeness (QED) is 0.191. The number of nitrogens with zero attached hydrogens (tertiary/aromatic N) is 2. The van der Waals surface area contributed by atoms with Crippen LogP contribution in [0.1, 0.15) is 91.3 Å². The van der Waals surface area contributed by atoms with Gasteiger partial charge >= 0.3 is 11.7 Å². The van der Waals surface area contributed by atoms with E-state index in [4.69, 9.17) is 9.47 Å². The Hall–Kier alpha value is -3.02. The number of benzene rings is 1. The van der Waals surface area contributed by atoms with E-state index in [1.54, 1.807) is 13.8 Å². The van der Waals surface area contributed by atoms with Gasteiger partial charge in [0, 0.05) is 30.9 Å². The van der Waals surface area contributed by atoms with E-state index in [9.17, 15) is 9.59 Å². The topological polar surface area (TPSA) is 62.5 Å². The number of carbonyl (C=O) groups is 1. The van der Waals surface area contributed by atoms with Crippen molar-refractivity contribution in [3.8, 4) is 5.75 Å². The predicted molar refractivity (Wildman–Crippen MR) is 165 cm³/mol. The summed E-state index contributed by atoms with van der Waals surface area (Å²) in [5.41, 5.74) is 3.30. The maximum absolute atomic E-state index is 13.1. The zero-order valence-electron chi connectivity index (χ0n) is 26.3. The van der Waals surface area contributed by atoms with Crippen LogP contribution in [-0.2, 0) is 36.0 Å². The van der Waals surface area contributed by atoms with Gasteiger partial charge in [0.1, 0.15) is 5.75 Å². The monoisotopic (exact) mass is 562 g/mol. The van der Waals surface area contributed by atoms with E-state index in [-0.39, 0.29) is 22.5 Å².